The molecule has 1 atom stereocenters. The second kappa shape index (κ2) is 8.88. The van der Waals surface area contributed by atoms with E-state index < -0.39 is 28.2 Å². The van der Waals surface area contributed by atoms with Crippen LogP contribution in [0.4, 0.5) is 28.8 Å². The zero-order chi connectivity index (χ0) is 23.7. The summed E-state index contributed by atoms with van der Waals surface area (Å²) >= 11 is 12.0. The molecule has 2 amide bonds. The topological polar surface area (TPSA) is 159 Å². The number of nitrogens with one attached hydrogen (secondary N) is 4. The monoisotopic (exact) mass is 488 g/mol. The molecule has 0 bridgehead atoms. The summed E-state index contributed by atoms with van der Waals surface area (Å²) in [5.74, 6) is -2.64. The van der Waals surface area contributed by atoms with Crippen molar-refractivity contribution in [2.45, 2.75) is 12.3 Å². The van der Waals surface area contributed by atoms with Crippen molar-refractivity contribution >= 4 is 63.8 Å². The first-order chi connectivity index (χ1) is 15.7. The van der Waals surface area contributed by atoms with E-state index in [1.54, 1.807) is 12.1 Å². The molecule has 2 heterocycles. The average Bonchev–Trinajstić information content (AvgIpc) is 2.75. The molecule has 4 rings (SSSR count). The second-order valence-corrected chi connectivity index (χ2v) is 7.84. The lowest BCUT2D eigenvalue weighted by Crippen LogP contribution is -2.36. The Morgan fingerprint density at radius 3 is 2.64 bits per heavy atom. The Morgan fingerprint density at radius 1 is 1.15 bits per heavy atom. The summed E-state index contributed by atoms with van der Waals surface area (Å²) in [6, 6.07) is 10.2. The third kappa shape index (κ3) is 4.64. The number of carbonyl (C=O) groups excluding carboxylic acids is 2. The van der Waals surface area contributed by atoms with Gasteiger partial charge in [0.25, 0.3) is 11.2 Å². The molecule has 1 aliphatic heterocycles. The Hall–Kier alpha value is -3.96. The lowest BCUT2D eigenvalue weighted by molar-refractivity contribution is -0.383. The van der Waals surface area contributed by atoms with Gasteiger partial charge in [-0.25, -0.2) is 0 Å². The van der Waals surface area contributed by atoms with Crippen LogP contribution in [-0.4, -0.2) is 26.7 Å². The molecule has 0 saturated carbocycles. The van der Waals surface area contributed by atoms with Gasteiger partial charge in [0.15, 0.2) is 0 Å². The second-order valence-electron chi connectivity index (χ2n) is 6.99. The number of aromatic nitrogens is 2. The van der Waals surface area contributed by atoms with Gasteiger partial charge in [0.2, 0.25) is 17.8 Å². The van der Waals surface area contributed by atoms with Crippen LogP contribution in [0.2, 0.25) is 10.0 Å². The summed E-state index contributed by atoms with van der Waals surface area (Å²) in [6.45, 7) is 0. The number of nitrogens with zero attached hydrogens (tertiary/aromatic N) is 2. The van der Waals surface area contributed by atoms with E-state index >= 15 is 0 Å². The number of carbonyl (C=O) groups is 2. The van der Waals surface area contributed by atoms with Crippen LogP contribution in [0.3, 0.4) is 0 Å². The number of hydrogen-bond donors (Lipinski definition) is 4. The molecule has 33 heavy (non-hydrogen) atoms. The molecular weight excluding hydrogens is 475 g/mol. The predicted molar refractivity (Wildman–Crippen MR) is 122 cm³/mol. The highest BCUT2D eigenvalue weighted by atomic mass is 35.5. The van der Waals surface area contributed by atoms with Crippen LogP contribution in [0, 0.1) is 10.1 Å². The maximum absolute atomic E-state index is 12.9. The Morgan fingerprint density at radius 2 is 1.91 bits per heavy atom. The number of hydrogen-bond acceptors (Lipinski definition) is 7. The SMILES string of the molecule is O=C1C[C@@H](C(=O)Nc2ccccc2[N+](=O)[O-])c2c(nc(Nc3ccc(Cl)cc3Cl)[nH]c2=O)N1. The molecule has 3 aromatic rings. The van der Waals surface area contributed by atoms with Gasteiger partial charge in [-0.2, -0.15) is 4.98 Å². The van der Waals surface area contributed by atoms with Crippen molar-refractivity contribution in [2.75, 3.05) is 16.0 Å². The molecule has 0 fully saturated rings. The van der Waals surface area contributed by atoms with Crippen molar-refractivity contribution in [3.05, 3.63) is 78.5 Å². The van der Waals surface area contributed by atoms with Gasteiger partial charge in [0, 0.05) is 17.5 Å². The lowest BCUT2D eigenvalue weighted by atomic mass is 9.92. The molecule has 168 valence electrons. The molecule has 0 unspecified atom stereocenters. The molecule has 11 nitrogen and oxygen atoms in total. The molecule has 13 heteroatoms. The van der Waals surface area contributed by atoms with Crippen molar-refractivity contribution in [1.82, 2.24) is 9.97 Å². The van der Waals surface area contributed by atoms with E-state index in [4.69, 9.17) is 23.2 Å². The first-order valence-corrected chi connectivity index (χ1v) is 10.2. The Bertz CT molecular complexity index is 1360. The van der Waals surface area contributed by atoms with Gasteiger partial charge < -0.3 is 16.0 Å². The van der Waals surface area contributed by atoms with Crippen LogP contribution in [0.5, 0.6) is 0 Å². The Labute approximate surface area is 195 Å². The minimum absolute atomic E-state index is 0.0250. The molecule has 0 spiro atoms. The summed E-state index contributed by atoms with van der Waals surface area (Å²) in [4.78, 5) is 55.3. The van der Waals surface area contributed by atoms with E-state index in [2.05, 4.69) is 25.9 Å². The molecule has 0 aliphatic carbocycles. The van der Waals surface area contributed by atoms with Gasteiger partial charge in [-0.3, -0.25) is 29.5 Å². The first-order valence-electron chi connectivity index (χ1n) is 9.43. The number of rotatable bonds is 5. The minimum Gasteiger partial charge on any atom is -0.324 e. The Kier molecular flexibility index (Phi) is 5.99. The highest BCUT2D eigenvalue weighted by Gasteiger charge is 2.35. The van der Waals surface area contributed by atoms with E-state index in [1.807, 2.05) is 0 Å². The van der Waals surface area contributed by atoms with Gasteiger partial charge in [-0.1, -0.05) is 35.3 Å². The number of nitro benzene ring substituents is 1. The number of anilines is 4. The summed E-state index contributed by atoms with van der Waals surface area (Å²) in [7, 11) is 0. The van der Waals surface area contributed by atoms with Crippen LogP contribution < -0.4 is 21.5 Å². The number of amides is 2. The first kappa shape index (κ1) is 22.2. The van der Waals surface area contributed by atoms with Crippen LogP contribution >= 0.6 is 23.2 Å². The van der Waals surface area contributed by atoms with Crippen molar-refractivity contribution in [2.24, 2.45) is 0 Å². The lowest BCUT2D eigenvalue weighted by Gasteiger charge is -2.23. The van der Waals surface area contributed by atoms with Gasteiger partial charge >= 0.3 is 0 Å². The molecule has 1 aliphatic rings. The van der Waals surface area contributed by atoms with Crippen molar-refractivity contribution in [3.63, 3.8) is 0 Å². The molecule has 0 radical (unpaired) electrons. The third-order valence-electron chi connectivity index (χ3n) is 4.81. The van der Waals surface area contributed by atoms with E-state index in [0.717, 1.165) is 0 Å². The van der Waals surface area contributed by atoms with E-state index in [1.165, 1.54) is 30.3 Å². The Balaban J connectivity index is 1.66. The molecule has 2 aromatic carbocycles. The number of para-hydroxylation sites is 2. The number of H-pyrrole nitrogens is 1. The summed E-state index contributed by atoms with van der Waals surface area (Å²) < 4.78 is 0. The molecule has 1 aromatic heterocycles. The fourth-order valence-corrected chi connectivity index (χ4v) is 3.79. The van der Waals surface area contributed by atoms with E-state index in [-0.39, 0.29) is 40.1 Å². The van der Waals surface area contributed by atoms with Gasteiger partial charge in [-0.05, 0) is 24.3 Å². The summed E-state index contributed by atoms with van der Waals surface area (Å²) in [5.41, 5.74) is -0.719. The van der Waals surface area contributed by atoms with Crippen molar-refractivity contribution < 1.29 is 14.5 Å². The molecular formula is C20H14Cl2N6O5. The predicted octanol–water partition coefficient (Wildman–Crippen LogP) is 3.79. The number of halogens is 2. The zero-order valence-electron chi connectivity index (χ0n) is 16.5. The van der Waals surface area contributed by atoms with Crippen LogP contribution in [0.15, 0.2) is 47.3 Å². The van der Waals surface area contributed by atoms with Crippen LogP contribution in [-0.2, 0) is 9.59 Å². The minimum atomic E-state index is -1.21. The zero-order valence-corrected chi connectivity index (χ0v) is 18.0. The fourth-order valence-electron chi connectivity index (χ4n) is 3.33. The molecule has 0 saturated heterocycles. The van der Waals surface area contributed by atoms with Crippen molar-refractivity contribution in [3.8, 4) is 0 Å². The van der Waals surface area contributed by atoms with Gasteiger partial charge in [-0.15, -0.1) is 0 Å². The maximum atomic E-state index is 12.9. The normalized spacial score (nSPS) is 14.7. The highest BCUT2D eigenvalue weighted by Crippen LogP contribution is 2.32. The maximum Gasteiger partial charge on any atom is 0.292 e. The van der Waals surface area contributed by atoms with Gasteiger partial charge in [0.1, 0.15) is 11.5 Å². The van der Waals surface area contributed by atoms with Crippen molar-refractivity contribution in [1.29, 1.82) is 0 Å². The van der Waals surface area contributed by atoms with E-state index in [0.29, 0.717) is 10.7 Å². The quantitative estimate of drug-likeness (QED) is 0.313. The number of aromatic amines is 1. The van der Waals surface area contributed by atoms with E-state index in [9.17, 15) is 24.5 Å². The number of nitro groups is 1. The highest BCUT2D eigenvalue weighted by molar-refractivity contribution is 6.36. The summed E-state index contributed by atoms with van der Waals surface area (Å²) in [6.07, 6.45) is -0.333. The fraction of sp³-hybridized carbons (Fsp3) is 0.100. The third-order valence-corrected chi connectivity index (χ3v) is 5.36. The largest absolute Gasteiger partial charge is 0.324 e. The smallest absolute Gasteiger partial charge is 0.292 e. The van der Waals surface area contributed by atoms with Crippen LogP contribution in [0.25, 0.3) is 0 Å². The summed E-state index contributed by atoms with van der Waals surface area (Å²) in [5, 5.41) is 19.6. The number of fused-ring (bicyclic) bond motifs is 1. The number of benzene rings is 2. The van der Waals surface area contributed by atoms with Gasteiger partial charge in [0.05, 0.1) is 27.1 Å². The molecule has 4 N–H and O–H groups in total. The average molecular weight is 489 g/mol. The standard InChI is InChI=1S/C20H14Cl2N6O5/c21-9-5-6-12(11(22)7-9)24-20-26-17-16(19(31)27-20)10(8-15(29)25-17)18(30)23-13-3-1-2-4-14(13)28(32)33/h1-7,10H,8H2,(H,23,30)(H3,24,25,26,27,29,31)/t10-/m1/s1. The van der Waals surface area contributed by atoms with Crippen LogP contribution in [0.1, 0.15) is 17.9 Å².